The second-order valence-corrected chi connectivity index (χ2v) is 5.30. The van der Waals surface area contributed by atoms with Crippen molar-refractivity contribution in [2.75, 3.05) is 12.4 Å². The number of hydrogen-bond acceptors (Lipinski definition) is 2. The normalized spacial score (nSPS) is 10.3. The van der Waals surface area contributed by atoms with E-state index in [2.05, 4.69) is 5.32 Å². The van der Waals surface area contributed by atoms with Crippen molar-refractivity contribution in [2.24, 2.45) is 0 Å². The number of aryl methyl sites for hydroxylation is 3. The fourth-order valence-electron chi connectivity index (χ4n) is 2.43. The number of para-hydroxylation sites is 1. The second-order valence-electron chi connectivity index (χ2n) is 5.30. The molecule has 0 aliphatic carbocycles. The van der Waals surface area contributed by atoms with Crippen LogP contribution in [0, 0.1) is 20.8 Å². The highest BCUT2D eigenvalue weighted by molar-refractivity contribution is 5.93. The quantitative estimate of drug-likeness (QED) is 0.926. The molecule has 0 heterocycles. The van der Waals surface area contributed by atoms with Crippen molar-refractivity contribution < 1.29 is 9.53 Å². The molecule has 2 rings (SSSR count). The fraction of sp³-hybridized carbons (Fsp3) is 0.278. The Morgan fingerprint density at radius 2 is 1.71 bits per heavy atom. The summed E-state index contributed by atoms with van der Waals surface area (Å²) in [5, 5.41) is 3.00. The van der Waals surface area contributed by atoms with Crippen LogP contribution < -0.4 is 10.1 Å². The van der Waals surface area contributed by atoms with Gasteiger partial charge in [-0.15, -0.1) is 0 Å². The number of amides is 1. The lowest BCUT2D eigenvalue weighted by Crippen LogP contribution is -2.16. The minimum atomic E-state index is -0.00281. The maximum Gasteiger partial charge on any atom is 0.228 e. The highest BCUT2D eigenvalue weighted by atomic mass is 16.5. The van der Waals surface area contributed by atoms with E-state index >= 15 is 0 Å². The molecule has 0 saturated carbocycles. The first-order valence-corrected chi connectivity index (χ1v) is 7.01. The largest absolute Gasteiger partial charge is 0.496 e. The van der Waals surface area contributed by atoms with Gasteiger partial charge in [0, 0.05) is 5.69 Å². The van der Waals surface area contributed by atoms with Crippen molar-refractivity contribution in [3.63, 3.8) is 0 Å². The Morgan fingerprint density at radius 3 is 2.29 bits per heavy atom. The first kappa shape index (κ1) is 15.1. The van der Waals surface area contributed by atoms with Crippen molar-refractivity contribution in [3.8, 4) is 5.75 Å². The molecule has 0 aliphatic heterocycles. The average molecular weight is 283 g/mol. The smallest absolute Gasteiger partial charge is 0.228 e. The second kappa shape index (κ2) is 6.44. The molecule has 110 valence electrons. The third-order valence-electron chi connectivity index (χ3n) is 3.57. The fourth-order valence-corrected chi connectivity index (χ4v) is 2.43. The first-order valence-electron chi connectivity index (χ1n) is 7.01. The van der Waals surface area contributed by atoms with Crippen LogP contribution >= 0.6 is 0 Å². The summed E-state index contributed by atoms with van der Waals surface area (Å²) in [7, 11) is 1.65. The molecule has 0 spiro atoms. The minimum absolute atomic E-state index is 0.00281. The van der Waals surface area contributed by atoms with Crippen LogP contribution in [0.4, 0.5) is 5.69 Å². The molecule has 0 aliphatic rings. The molecular weight excluding hydrogens is 262 g/mol. The van der Waals surface area contributed by atoms with Crippen LogP contribution in [-0.4, -0.2) is 13.0 Å². The number of nitrogens with one attached hydrogen (secondary N) is 1. The van der Waals surface area contributed by atoms with Crippen LogP contribution in [0.1, 0.15) is 22.3 Å². The van der Waals surface area contributed by atoms with Crippen LogP contribution in [0.3, 0.4) is 0 Å². The summed E-state index contributed by atoms with van der Waals surface area (Å²) < 4.78 is 5.23. The van der Waals surface area contributed by atoms with Crippen molar-refractivity contribution in [2.45, 2.75) is 27.2 Å². The van der Waals surface area contributed by atoms with Gasteiger partial charge in [-0.25, -0.2) is 0 Å². The number of carbonyl (C=O) groups excluding carboxylic acids is 1. The van der Waals surface area contributed by atoms with Gasteiger partial charge in [0.05, 0.1) is 13.5 Å². The Morgan fingerprint density at radius 1 is 1.05 bits per heavy atom. The predicted molar refractivity (Wildman–Crippen MR) is 86.0 cm³/mol. The molecular formula is C18H21NO2. The number of carbonyl (C=O) groups is 1. The lowest BCUT2D eigenvalue weighted by molar-refractivity contribution is -0.115. The summed E-state index contributed by atoms with van der Waals surface area (Å²) in [5.41, 5.74) is 5.09. The van der Waals surface area contributed by atoms with Gasteiger partial charge < -0.3 is 10.1 Å². The van der Waals surface area contributed by atoms with E-state index in [9.17, 15) is 4.79 Å². The zero-order chi connectivity index (χ0) is 15.4. The molecule has 3 nitrogen and oxygen atoms in total. The van der Waals surface area contributed by atoms with Crippen molar-refractivity contribution in [1.82, 2.24) is 0 Å². The minimum Gasteiger partial charge on any atom is -0.496 e. The number of benzene rings is 2. The lowest BCUT2D eigenvalue weighted by atomic mass is 10.1. The third kappa shape index (κ3) is 3.63. The van der Waals surface area contributed by atoms with Crippen LogP contribution in [0.25, 0.3) is 0 Å². The topological polar surface area (TPSA) is 38.3 Å². The van der Waals surface area contributed by atoms with E-state index in [1.807, 2.05) is 57.2 Å². The van der Waals surface area contributed by atoms with Crippen molar-refractivity contribution in [1.29, 1.82) is 0 Å². The Balaban J connectivity index is 2.10. The molecule has 1 N–H and O–H groups in total. The zero-order valence-electron chi connectivity index (χ0n) is 13.0. The highest BCUT2D eigenvalue weighted by Crippen LogP contribution is 2.21. The monoisotopic (exact) mass is 283 g/mol. The molecule has 2 aromatic rings. The first-order chi connectivity index (χ1) is 10.0. The van der Waals surface area contributed by atoms with E-state index in [1.165, 1.54) is 0 Å². The average Bonchev–Trinajstić information content (AvgIpc) is 2.43. The van der Waals surface area contributed by atoms with Gasteiger partial charge in [-0.2, -0.15) is 0 Å². The third-order valence-corrected chi connectivity index (χ3v) is 3.57. The van der Waals surface area contributed by atoms with Crippen molar-refractivity contribution >= 4 is 11.6 Å². The number of methoxy groups -OCH3 is 1. The van der Waals surface area contributed by atoms with Crippen LogP contribution in [0.2, 0.25) is 0 Å². The van der Waals surface area contributed by atoms with E-state index in [0.717, 1.165) is 33.7 Å². The van der Waals surface area contributed by atoms with Gasteiger partial charge in [-0.1, -0.05) is 30.3 Å². The molecule has 21 heavy (non-hydrogen) atoms. The molecule has 2 aromatic carbocycles. The molecule has 1 amide bonds. The van der Waals surface area contributed by atoms with Gasteiger partial charge in [0.1, 0.15) is 5.75 Å². The SMILES string of the molecule is COc1ccc(CC(=O)Nc2c(C)cccc2C)cc1C. The number of anilines is 1. The predicted octanol–water partition coefficient (Wildman–Crippen LogP) is 3.80. The summed E-state index contributed by atoms with van der Waals surface area (Å²) >= 11 is 0. The van der Waals surface area contributed by atoms with Crippen molar-refractivity contribution in [3.05, 3.63) is 58.7 Å². The number of ether oxygens (including phenoxy) is 1. The number of rotatable bonds is 4. The van der Waals surface area contributed by atoms with E-state index < -0.39 is 0 Å². The Labute approximate surface area is 126 Å². The van der Waals surface area contributed by atoms with Gasteiger partial charge >= 0.3 is 0 Å². The van der Waals surface area contributed by atoms with E-state index in [1.54, 1.807) is 7.11 Å². The van der Waals surface area contributed by atoms with E-state index in [4.69, 9.17) is 4.74 Å². The van der Waals surface area contributed by atoms with Gasteiger partial charge in [-0.05, 0) is 49.1 Å². The Bertz CT molecular complexity index is 642. The molecule has 0 bridgehead atoms. The summed E-state index contributed by atoms with van der Waals surface area (Å²) in [6.45, 7) is 5.98. The zero-order valence-corrected chi connectivity index (χ0v) is 13.0. The van der Waals surface area contributed by atoms with Crippen LogP contribution in [0.15, 0.2) is 36.4 Å². The molecule has 0 atom stereocenters. The van der Waals surface area contributed by atoms with Gasteiger partial charge in [0.25, 0.3) is 0 Å². The van der Waals surface area contributed by atoms with E-state index in [0.29, 0.717) is 6.42 Å². The molecule has 3 heteroatoms. The standard InChI is InChI=1S/C18H21NO2/c1-12-6-5-7-13(2)18(12)19-17(20)11-15-8-9-16(21-4)14(3)10-15/h5-10H,11H2,1-4H3,(H,19,20). The lowest BCUT2D eigenvalue weighted by Gasteiger charge is -2.12. The summed E-state index contributed by atoms with van der Waals surface area (Å²) in [4.78, 5) is 12.2. The molecule has 0 aromatic heterocycles. The maximum absolute atomic E-state index is 12.2. The molecule has 0 fully saturated rings. The summed E-state index contributed by atoms with van der Waals surface area (Å²) in [6, 6.07) is 11.8. The Hall–Kier alpha value is -2.29. The van der Waals surface area contributed by atoms with Gasteiger partial charge in [0.15, 0.2) is 0 Å². The van der Waals surface area contributed by atoms with Crippen LogP contribution in [0.5, 0.6) is 5.75 Å². The molecule has 0 radical (unpaired) electrons. The molecule has 0 saturated heterocycles. The van der Waals surface area contributed by atoms with Crippen LogP contribution in [-0.2, 0) is 11.2 Å². The van der Waals surface area contributed by atoms with Gasteiger partial charge in [0.2, 0.25) is 5.91 Å². The summed E-state index contributed by atoms with van der Waals surface area (Å²) in [6.07, 6.45) is 0.360. The summed E-state index contributed by atoms with van der Waals surface area (Å²) in [5.74, 6) is 0.839. The number of hydrogen-bond donors (Lipinski definition) is 1. The van der Waals surface area contributed by atoms with E-state index in [-0.39, 0.29) is 5.91 Å². The maximum atomic E-state index is 12.2. The van der Waals surface area contributed by atoms with Gasteiger partial charge in [-0.3, -0.25) is 4.79 Å². The molecule has 0 unspecified atom stereocenters. The highest BCUT2D eigenvalue weighted by Gasteiger charge is 2.09. The Kier molecular flexibility index (Phi) is 4.63.